The van der Waals surface area contributed by atoms with E-state index in [2.05, 4.69) is 20.3 Å². The van der Waals surface area contributed by atoms with Crippen molar-refractivity contribution in [3.63, 3.8) is 0 Å². The molecular weight excluding hydrogens is 272 g/mol. The van der Waals surface area contributed by atoms with Gasteiger partial charge in [-0.05, 0) is 25.3 Å². The number of amides is 3. The van der Waals surface area contributed by atoms with Crippen molar-refractivity contribution in [1.82, 2.24) is 29.9 Å². The maximum absolute atomic E-state index is 11.5. The summed E-state index contributed by atoms with van der Waals surface area (Å²) in [5, 5.41) is 6.69. The van der Waals surface area contributed by atoms with Gasteiger partial charge in [-0.3, -0.25) is 14.4 Å². The molecule has 1 atom stereocenters. The fourth-order valence-corrected chi connectivity index (χ4v) is 3.02. The number of rotatable bonds is 5. The van der Waals surface area contributed by atoms with Crippen molar-refractivity contribution >= 4 is 11.9 Å². The predicted octanol–water partition coefficient (Wildman–Crippen LogP) is -0.458. The van der Waals surface area contributed by atoms with Crippen molar-refractivity contribution in [2.24, 2.45) is 5.92 Å². The molecule has 1 aromatic rings. The van der Waals surface area contributed by atoms with Crippen LogP contribution in [0.15, 0.2) is 12.7 Å². The molecule has 3 heterocycles. The summed E-state index contributed by atoms with van der Waals surface area (Å²) >= 11 is 0. The van der Waals surface area contributed by atoms with Gasteiger partial charge in [-0.1, -0.05) is 0 Å². The quantitative estimate of drug-likeness (QED) is 0.743. The van der Waals surface area contributed by atoms with Crippen molar-refractivity contribution in [2.75, 3.05) is 32.7 Å². The van der Waals surface area contributed by atoms with Gasteiger partial charge in [0.2, 0.25) is 5.91 Å². The van der Waals surface area contributed by atoms with Crippen LogP contribution in [-0.2, 0) is 11.3 Å². The zero-order chi connectivity index (χ0) is 14.7. The number of aromatic nitrogens is 3. The van der Waals surface area contributed by atoms with E-state index in [1.54, 1.807) is 12.7 Å². The van der Waals surface area contributed by atoms with Gasteiger partial charge in [0.25, 0.3) is 0 Å². The first-order valence-corrected chi connectivity index (χ1v) is 7.35. The molecule has 8 nitrogen and oxygen atoms in total. The Labute approximate surface area is 123 Å². The topological polar surface area (TPSA) is 83.4 Å². The lowest BCUT2D eigenvalue weighted by Crippen LogP contribution is -2.43. The molecule has 0 spiro atoms. The smallest absolute Gasteiger partial charge is 0.324 e. The van der Waals surface area contributed by atoms with E-state index in [1.807, 2.05) is 4.68 Å². The fourth-order valence-electron chi connectivity index (χ4n) is 3.02. The first-order valence-electron chi connectivity index (χ1n) is 7.35. The van der Waals surface area contributed by atoms with Gasteiger partial charge < -0.3 is 10.2 Å². The summed E-state index contributed by atoms with van der Waals surface area (Å²) in [6.07, 6.45) is 5.61. The Kier molecular flexibility index (Phi) is 4.14. The highest BCUT2D eigenvalue weighted by molar-refractivity contribution is 6.01. The SMILES string of the molecule is O=C1CNC(=O)N1CCN1CCCC(Cn2cncn2)C1. The van der Waals surface area contributed by atoms with Gasteiger partial charge in [-0.15, -0.1) is 0 Å². The van der Waals surface area contributed by atoms with E-state index in [-0.39, 0.29) is 18.5 Å². The number of imide groups is 1. The van der Waals surface area contributed by atoms with Crippen LogP contribution in [0.5, 0.6) is 0 Å². The number of nitrogens with zero attached hydrogens (tertiary/aromatic N) is 5. The van der Waals surface area contributed by atoms with Gasteiger partial charge in [0.1, 0.15) is 12.7 Å². The summed E-state index contributed by atoms with van der Waals surface area (Å²) in [4.78, 5) is 30.6. The molecule has 0 saturated carbocycles. The standard InChI is InChI=1S/C13H20N6O2/c20-12-6-15-13(21)19(12)5-4-17-3-1-2-11(7-17)8-18-10-14-9-16-18/h9-11H,1-8H2,(H,15,21). The lowest BCUT2D eigenvalue weighted by molar-refractivity contribution is -0.125. The molecule has 2 aliphatic heterocycles. The van der Waals surface area contributed by atoms with Gasteiger partial charge in [0.05, 0.1) is 6.54 Å². The van der Waals surface area contributed by atoms with Crippen molar-refractivity contribution in [3.05, 3.63) is 12.7 Å². The summed E-state index contributed by atoms with van der Waals surface area (Å²) in [5.41, 5.74) is 0. The van der Waals surface area contributed by atoms with Crippen LogP contribution in [-0.4, -0.2) is 69.2 Å². The Bertz CT molecular complexity index is 487. The predicted molar refractivity (Wildman–Crippen MR) is 74.3 cm³/mol. The minimum atomic E-state index is -0.267. The van der Waals surface area contributed by atoms with Gasteiger partial charge in [0.15, 0.2) is 0 Å². The summed E-state index contributed by atoms with van der Waals surface area (Å²) < 4.78 is 1.87. The number of hydrogen-bond acceptors (Lipinski definition) is 5. The van der Waals surface area contributed by atoms with Gasteiger partial charge >= 0.3 is 6.03 Å². The van der Waals surface area contributed by atoms with E-state index in [0.717, 1.165) is 32.6 Å². The van der Waals surface area contributed by atoms with Crippen molar-refractivity contribution < 1.29 is 9.59 Å². The number of nitrogens with one attached hydrogen (secondary N) is 1. The first kappa shape index (κ1) is 14.0. The first-order chi connectivity index (χ1) is 10.2. The summed E-state index contributed by atoms with van der Waals surface area (Å²) in [5.74, 6) is 0.416. The molecule has 2 saturated heterocycles. The van der Waals surface area contributed by atoms with Crippen LogP contribution >= 0.6 is 0 Å². The molecule has 3 amide bonds. The summed E-state index contributed by atoms with van der Waals surface area (Å²) in [6.45, 7) is 4.22. The lowest BCUT2D eigenvalue weighted by atomic mass is 9.98. The molecule has 1 N–H and O–H groups in total. The second kappa shape index (κ2) is 6.21. The van der Waals surface area contributed by atoms with Gasteiger partial charge in [-0.2, -0.15) is 5.10 Å². The largest absolute Gasteiger partial charge is 0.329 e. The molecule has 21 heavy (non-hydrogen) atoms. The van der Waals surface area contributed by atoms with E-state index in [9.17, 15) is 9.59 Å². The zero-order valence-corrected chi connectivity index (χ0v) is 11.9. The summed E-state index contributed by atoms with van der Waals surface area (Å²) in [7, 11) is 0. The third-order valence-corrected chi connectivity index (χ3v) is 4.09. The summed E-state index contributed by atoms with van der Waals surface area (Å²) in [6, 6.07) is -0.267. The highest BCUT2D eigenvalue weighted by Gasteiger charge is 2.29. The third kappa shape index (κ3) is 3.38. The molecule has 0 bridgehead atoms. The average molecular weight is 292 g/mol. The van der Waals surface area contributed by atoms with E-state index >= 15 is 0 Å². The van der Waals surface area contributed by atoms with Crippen LogP contribution in [0.2, 0.25) is 0 Å². The van der Waals surface area contributed by atoms with Crippen molar-refractivity contribution in [2.45, 2.75) is 19.4 Å². The number of urea groups is 1. The Balaban J connectivity index is 1.47. The molecule has 1 unspecified atom stereocenters. The van der Waals surface area contributed by atoms with Gasteiger partial charge in [-0.25, -0.2) is 9.78 Å². The normalized spacial score (nSPS) is 23.6. The van der Waals surface area contributed by atoms with Gasteiger partial charge in [0, 0.05) is 26.2 Å². The van der Waals surface area contributed by atoms with E-state index in [4.69, 9.17) is 0 Å². The second-order valence-corrected chi connectivity index (χ2v) is 5.63. The third-order valence-electron chi connectivity index (χ3n) is 4.09. The number of carbonyl (C=O) groups is 2. The highest BCUT2D eigenvalue weighted by atomic mass is 16.2. The maximum Gasteiger partial charge on any atom is 0.324 e. The van der Waals surface area contributed by atoms with Crippen LogP contribution in [0.3, 0.4) is 0 Å². The van der Waals surface area contributed by atoms with E-state index in [0.29, 0.717) is 12.5 Å². The Morgan fingerprint density at radius 1 is 1.33 bits per heavy atom. The molecular formula is C13H20N6O2. The van der Waals surface area contributed by atoms with E-state index < -0.39 is 0 Å². The molecule has 8 heteroatoms. The fraction of sp³-hybridized carbons (Fsp3) is 0.692. The number of likely N-dealkylation sites (tertiary alicyclic amines) is 1. The molecule has 0 radical (unpaired) electrons. The van der Waals surface area contributed by atoms with Crippen LogP contribution in [0.1, 0.15) is 12.8 Å². The van der Waals surface area contributed by atoms with Crippen LogP contribution in [0.25, 0.3) is 0 Å². The molecule has 0 aromatic carbocycles. The maximum atomic E-state index is 11.5. The minimum absolute atomic E-state index is 0.129. The Morgan fingerprint density at radius 3 is 2.95 bits per heavy atom. The van der Waals surface area contributed by atoms with Crippen LogP contribution < -0.4 is 5.32 Å². The Hall–Kier alpha value is -1.96. The molecule has 0 aliphatic carbocycles. The highest BCUT2D eigenvalue weighted by Crippen LogP contribution is 2.17. The number of piperidine rings is 1. The van der Waals surface area contributed by atoms with Crippen molar-refractivity contribution in [1.29, 1.82) is 0 Å². The second-order valence-electron chi connectivity index (χ2n) is 5.63. The van der Waals surface area contributed by atoms with Crippen LogP contribution in [0, 0.1) is 5.92 Å². The lowest BCUT2D eigenvalue weighted by Gasteiger charge is -2.33. The molecule has 2 fully saturated rings. The van der Waals surface area contributed by atoms with E-state index in [1.165, 1.54) is 11.3 Å². The van der Waals surface area contributed by atoms with Crippen LogP contribution in [0.4, 0.5) is 4.79 Å². The number of carbonyl (C=O) groups excluding carboxylic acids is 2. The zero-order valence-electron chi connectivity index (χ0n) is 11.9. The minimum Gasteiger partial charge on any atom is -0.329 e. The molecule has 114 valence electrons. The molecule has 3 rings (SSSR count). The number of hydrogen-bond donors (Lipinski definition) is 1. The molecule has 2 aliphatic rings. The monoisotopic (exact) mass is 292 g/mol. The average Bonchev–Trinajstić information content (AvgIpc) is 3.09. The Morgan fingerprint density at radius 2 is 2.24 bits per heavy atom. The molecule has 1 aromatic heterocycles. The van der Waals surface area contributed by atoms with Crippen molar-refractivity contribution in [3.8, 4) is 0 Å².